The molecule has 1 aromatic heterocycles. The number of rotatable bonds is 4. The van der Waals surface area contributed by atoms with Gasteiger partial charge in [0, 0.05) is 19.3 Å². The van der Waals surface area contributed by atoms with Crippen LogP contribution in [0.25, 0.3) is 0 Å². The number of nitrogens with zero attached hydrogens (tertiary/aromatic N) is 2. The summed E-state index contributed by atoms with van der Waals surface area (Å²) < 4.78 is 59.4. The molecule has 0 atom stereocenters. The summed E-state index contributed by atoms with van der Waals surface area (Å²) in [5.41, 5.74) is 0. The predicted molar refractivity (Wildman–Crippen MR) is 88.0 cm³/mol. The Morgan fingerprint density at radius 1 is 1.12 bits per heavy atom. The van der Waals surface area contributed by atoms with E-state index in [2.05, 4.69) is 4.98 Å². The number of benzene rings is 1. The van der Waals surface area contributed by atoms with E-state index in [1.54, 1.807) is 18.3 Å². The Hall–Kier alpha value is -1.77. The first-order valence-electron chi connectivity index (χ1n) is 7.61. The number of ether oxygens (including phenoxy) is 1. The van der Waals surface area contributed by atoms with Crippen molar-refractivity contribution >= 4 is 21.6 Å². The minimum atomic E-state index is -4.24. The van der Waals surface area contributed by atoms with E-state index < -0.39 is 26.6 Å². The summed E-state index contributed by atoms with van der Waals surface area (Å²) in [5.74, 6) is -1.91. The molecule has 1 aromatic carbocycles. The number of halogens is 3. The third-order valence-corrected chi connectivity index (χ3v) is 6.16. The van der Waals surface area contributed by atoms with E-state index in [4.69, 9.17) is 16.3 Å². The molecule has 0 N–H and O–H groups in total. The van der Waals surface area contributed by atoms with Crippen LogP contribution >= 0.6 is 11.6 Å². The Balaban J connectivity index is 1.71. The Labute approximate surface area is 149 Å². The number of sulfonamides is 1. The van der Waals surface area contributed by atoms with Crippen LogP contribution in [0.3, 0.4) is 0 Å². The van der Waals surface area contributed by atoms with Gasteiger partial charge in [0.1, 0.15) is 22.8 Å². The number of hydrogen-bond acceptors (Lipinski definition) is 4. The molecule has 0 spiro atoms. The van der Waals surface area contributed by atoms with Crippen LogP contribution < -0.4 is 4.74 Å². The van der Waals surface area contributed by atoms with Crippen molar-refractivity contribution in [3.8, 4) is 5.88 Å². The number of piperidine rings is 1. The molecule has 1 saturated heterocycles. The van der Waals surface area contributed by atoms with Crippen LogP contribution in [0.1, 0.15) is 12.8 Å². The van der Waals surface area contributed by atoms with Gasteiger partial charge in [-0.15, -0.1) is 0 Å². The average molecular weight is 389 g/mol. The smallest absolute Gasteiger partial charge is 0.248 e. The molecule has 1 aliphatic heterocycles. The van der Waals surface area contributed by atoms with Crippen LogP contribution in [0, 0.1) is 11.6 Å². The van der Waals surface area contributed by atoms with Crippen LogP contribution in [0.2, 0.25) is 5.02 Å². The molecule has 2 aromatic rings. The highest BCUT2D eigenvalue weighted by Gasteiger charge is 2.34. The second kappa shape index (κ2) is 7.23. The molecule has 5 nitrogen and oxygen atoms in total. The summed E-state index contributed by atoms with van der Waals surface area (Å²) in [7, 11) is -4.24. The summed E-state index contributed by atoms with van der Waals surface area (Å²) >= 11 is 5.98. The Bertz CT molecular complexity index is 851. The molecule has 0 amide bonds. The summed E-state index contributed by atoms with van der Waals surface area (Å²) in [4.78, 5) is 3.11. The van der Waals surface area contributed by atoms with Gasteiger partial charge < -0.3 is 4.74 Å². The highest BCUT2D eigenvalue weighted by atomic mass is 35.5. The summed E-state index contributed by atoms with van der Waals surface area (Å²) in [5, 5.41) is 0.367. The fourth-order valence-corrected chi connectivity index (χ4v) is 4.41. The lowest BCUT2D eigenvalue weighted by molar-refractivity contribution is 0.130. The highest BCUT2D eigenvalue weighted by Crippen LogP contribution is 2.28. The van der Waals surface area contributed by atoms with E-state index in [1.165, 1.54) is 0 Å². The van der Waals surface area contributed by atoms with Gasteiger partial charge in [0.05, 0.1) is 0 Å². The predicted octanol–water partition coefficient (Wildman–Crippen LogP) is 3.25. The lowest BCUT2D eigenvalue weighted by Crippen LogP contribution is -2.42. The highest BCUT2D eigenvalue weighted by molar-refractivity contribution is 7.89. The molecule has 0 saturated carbocycles. The zero-order valence-electron chi connectivity index (χ0n) is 13.0. The lowest BCUT2D eigenvalue weighted by Gasteiger charge is -2.31. The number of aromatic nitrogens is 1. The first kappa shape index (κ1) is 18.0. The van der Waals surface area contributed by atoms with Gasteiger partial charge in [0.25, 0.3) is 0 Å². The van der Waals surface area contributed by atoms with Gasteiger partial charge in [0.15, 0.2) is 4.90 Å². The van der Waals surface area contributed by atoms with Crippen LogP contribution in [0.5, 0.6) is 5.88 Å². The molecule has 3 rings (SSSR count). The second-order valence-electron chi connectivity index (χ2n) is 5.56. The van der Waals surface area contributed by atoms with Crippen molar-refractivity contribution in [3.63, 3.8) is 0 Å². The van der Waals surface area contributed by atoms with Gasteiger partial charge >= 0.3 is 0 Å². The molecule has 1 aliphatic rings. The van der Waals surface area contributed by atoms with Crippen molar-refractivity contribution in [1.29, 1.82) is 0 Å². The number of hydrogen-bond donors (Lipinski definition) is 0. The van der Waals surface area contributed by atoms with E-state index in [0.717, 1.165) is 22.5 Å². The minimum absolute atomic E-state index is 0.0885. The standard InChI is InChI=1S/C16H15ClF2N2O3S/c17-12-3-2-8-20-16(12)24-11-6-9-21(10-7-11)25(22,23)15-13(18)4-1-5-14(15)19/h1-5,8,11H,6-7,9-10H2. The fraction of sp³-hybridized carbons (Fsp3) is 0.312. The number of pyridine rings is 1. The molecule has 1 fully saturated rings. The van der Waals surface area contributed by atoms with E-state index in [9.17, 15) is 17.2 Å². The fourth-order valence-electron chi connectivity index (χ4n) is 2.66. The zero-order valence-corrected chi connectivity index (χ0v) is 14.6. The van der Waals surface area contributed by atoms with Gasteiger partial charge in [-0.2, -0.15) is 4.31 Å². The topological polar surface area (TPSA) is 59.5 Å². The second-order valence-corrected chi connectivity index (χ2v) is 7.84. The van der Waals surface area contributed by atoms with Crippen LogP contribution in [-0.4, -0.2) is 36.9 Å². The largest absolute Gasteiger partial charge is 0.473 e. The van der Waals surface area contributed by atoms with Crippen LogP contribution in [0.4, 0.5) is 8.78 Å². The molecule has 9 heteroatoms. The third-order valence-electron chi connectivity index (χ3n) is 3.92. The summed E-state index contributed by atoms with van der Waals surface area (Å²) in [6, 6.07) is 6.29. The summed E-state index contributed by atoms with van der Waals surface area (Å²) in [6.45, 7) is 0.177. The summed E-state index contributed by atoms with van der Waals surface area (Å²) in [6.07, 6.45) is 2.00. The van der Waals surface area contributed by atoms with Crippen LogP contribution in [0.15, 0.2) is 41.4 Å². The Morgan fingerprint density at radius 3 is 2.36 bits per heavy atom. The molecule has 0 bridgehead atoms. The molecule has 134 valence electrons. The van der Waals surface area contributed by atoms with Gasteiger partial charge in [0.2, 0.25) is 15.9 Å². The molecular weight excluding hydrogens is 374 g/mol. The monoisotopic (exact) mass is 388 g/mol. The molecule has 0 unspecified atom stereocenters. The quantitative estimate of drug-likeness (QED) is 0.806. The molecule has 0 radical (unpaired) electrons. The lowest BCUT2D eigenvalue weighted by atomic mass is 10.1. The van der Waals surface area contributed by atoms with Gasteiger partial charge in [-0.3, -0.25) is 0 Å². The zero-order chi connectivity index (χ0) is 18.0. The maximum atomic E-state index is 13.8. The average Bonchev–Trinajstić information content (AvgIpc) is 2.57. The molecule has 25 heavy (non-hydrogen) atoms. The minimum Gasteiger partial charge on any atom is -0.473 e. The molecule has 0 aliphatic carbocycles. The van der Waals surface area contributed by atoms with Crippen molar-refractivity contribution in [2.45, 2.75) is 23.8 Å². The van der Waals surface area contributed by atoms with Crippen LogP contribution in [-0.2, 0) is 10.0 Å². The van der Waals surface area contributed by atoms with E-state index in [0.29, 0.717) is 17.9 Å². The van der Waals surface area contributed by atoms with Gasteiger partial charge in [-0.1, -0.05) is 17.7 Å². The van der Waals surface area contributed by atoms with E-state index in [1.807, 2.05) is 0 Å². The van der Waals surface area contributed by atoms with E-state index >= 15 is 0 Å². The normalized spacial score (nSPS) is 16.8. The van der Waals surface area contributed by atoms with Crippen molar-refractivity contribution in [3.05, 3.63) is 53.2 Å². The maximum Gasteiger partial charge on any atom is 0.248 e. The van der Waals surface area contributed by atoms with Gasteiger partial charge in [-0.05, 0) is 37.1 Å². The van der Waals surface area contributed by atoms with Crippen molar-refractivity contribution < 1.29 is 21.9 Å². The molecular formula is C16H15ClF2N2O3S. The van der Waals surface area contributed by atoms with Crippen molar-refractivity contribution in [1.82, 2.24) is 9.29 Å². The van der Waals surface area contributed by atoms with Crippen molar-refractivity contribution in [2.75, 3.05) is 13.1 Å². The maximum absolute atomic E-state index is 13.8. The SMILES string of the molecule is O=S(=O)(c1c(F)cccc1F)N1CCC(Oc2ncccc2Cl)CC1. The Kier molecular flexibility index (Phi) is 5.21. The van der Waals surface area contributed by atoms with Crippen molar-refractivity contribution in [2.24, 2.45) is 0 Å². The first-order chi connectivity index (χ1) is 11.9. The first-order valence-corrected chi connectivity index (χ1v) is 9.42. The Morgan fingerprint density at radius 2 is 1.76 bits per heavy atom. The third kappa shape index (κ3) is 3.75. The van der Waals surface area contributed by atoms with E-state index in [-0.39, 0.29) is 25.1 Å². The van der Waals surface area contributed by atoms with Gasteiger partial charge in [-0.25, -0.2) is 22.2 Å². The molecule has 2 heterocycles.